The van der Waals surface area contributed by atoms with Gasteiger partial charge in [0.05, 0.1) is 16.6 Å². The molecule has 2 heterocycles. The normalized spacial score (nSPS) is 14.5. The number of fused-ring (bicyclic) bond motifs is 9. The van der Waals surface area contributed by atoms with Crippen molar-refractivity contribution >= 4 is 72.9 Å². The summed E-state index contributed by atoms with van der Waals surface area (Å²) in [6.45, 7) is 7.12. The van der Waals surface area contributed by atoms with Crippen molar-refractivity contribution in [3.05, 3.63) is 247 Å². The minimum Gasteiger partial charge on any atom is -0.310 e. The Labute approximate surface area is 397 Å². The van der Waals surface area contributed by atoms with E-state index in [1.165, 1.54) is 71.9 Å². The molecule has 0 aliphatic heterocycles. The van der Waals surface area contributed by atoms with Crippen LogP contribution in [0.5, 0.6) is 0 Å². The van der Waals surface area contributed by atoms with Gasteiger partial charge in [-0.1, -0.05) is 130 Å². The van der Waals surface area contributed by atoms with Crippen LogP contribution in [0.4, 0.5) is 34.1 Å². The first-order valence-corrected chi connectivity index (χ1v) is 23.9. The van der Waals surface area contributed by atoms with Gasteiger partial charge in [0.2, 0.25) is 0 Å². The highest BCUT2D eigenvalue weighted by Crippen LogP contribution is 2.53. The van der Waals surface area contributed by atoms with Crippen LogP contribution in [-0.4, -0.2) is 9.13 Å². The van der Waals surface area contributed by atoms with E-state index in [1.54, 1.807) is 0 Å². The lowest BCUT2D eigenvalue weighted by Crippen LogP contribution is -2.17. The summed E-state index contributed by atoms with van der Waals surface area (Å²) in [6, 6.07) is 80.2. The van der Waals surface area contributed by atoms with Gasteiger partial charge in [0.25, 0.3) is 0 Å². The Kier molecular flexibility index (Phi) is 9.20. The van der Waals surface area contributed by atoms with Crippen LogP contribution in [-0.2, 0) is 5.41 Å². The van der Waals surface area contributed by atoms with Gasteiger partial charge in [-0.05, 0) is 161 Å². The van der Waals surface area contributed by atoms with Crippen molar-refractivity contribution in [2.75, 3.05) is 9.80 Å². The molecule has 1 unspecified atom stereocenters. The third kappa shape index (κ3) is 6.21. The van der Waals surface area contributed by atoms with E-state index in [1.807, 2.05) is 0 Å². The molecule has 68 heavy (non-hydrogen) atoms. The molecule has 0 amide bonds. The fourth-order valence-corrected chi connectivity index (χ4v) is 11.5. The predicted octanol–water partition coefficient (Wildman–Crippen LogP) is 17.5. The summed E-state index contributed by atoms with van der Waals surface area (Å²) in [5, 5.41) is 3.88. The largest absolute Gasteiger partial charge is 0.310 e. The second kappa shape index (κ2) is 15.6. The topological polar surface area (TPSA) is 16.3 Å². The van der Waals surface area contributed by atoms with Crippen LogP contribution in [0.1, 0.15) is 55.5 Å². The number of anilines is 6. The Hall–Kier alpha value is -8.34. The number of hydrogen-bond acceptors (Lipinski definition) is 2. The summed E-state index contributed by atoms with van der Waals surface area (Å²) in [5.74, 6) is 0.481. The van der Waals surface area contributed by atoms with E-state index >= 15 is 0 Å². The Morgan fingerprint density at radius 3 is 1.31 bits per heavy atom. The quantitative estimate of drug-likeness (QED) is 0.151. The van der Waals surface area contributed by atoms with Crippen LogP contribution in [0.2, 0.25) is 0 Å². The minimum atomic E-state index is -0.259. The zero-order valence-electron chi connectivity index (χ0n) is 38.5. The molecule has 0 saturated heterocycles. The first-order valence-electron chi connectivity index (χ1n) is 23.9. The molecule has 13 rings (SSSR count). The summed E-state index contributed by atoms with van der Waals surface area (Å²) >= 11 is 0. The molecular formula is C64H50N4. The first kappa shape index (κ1) is 40.0. The lowest BCUT2D eigenvalue weighted by Gasteiger charge is -2.29. The third-order valence-electron chi connectivity index (χ3n) is 14.7. The van der Waals surface area contributed by atoms with Crippen LogP contribution in [0.25, 0.3) is 61.3 Å². The highest BCUT2D eigenvalue weighted by Gasteiger charge is 2.37. The van der Waals surface area contributed by atoms with Gasteiger partial charge in [0, 0.05) is 72.8 Å². The van der Waals surface area contributed by atoms with E-state index in [2.05, 4.69) is 270 Å². The monoisotopic (exact) mass is 874 g/mol. The molecule has 1 atom stereocenters. The Balaban J connectivity index is 0.868. The van der Waals surface area contributed by atoms with E-state index in [0.717, 1.165) is 46.2 Å². The molecule has 326 valence electrons. The Morgan fingerprint density at radius 2 is 0.809 bits per heavy atom. The first-order chi connectivity index (χ1) is 33.4. The number of hydrogen-bond donors (Lipinski definition) is 0. The van der Waals surface area contributed by atoms with E-state index in [-0.39, 0.29) is 5.41 Å². The van der Waals surface area contributed by atoms with Crippen LogP contribution >= 0.6 is 0 Å². The fraction of sp³-hybridized carbons (Fsp3) is 0.0938. The summed E-state index contributed by atoms with van der Waals surface area (Å²) in [6.07, 6.45) is 5.72. The van der Waals surface area contributed by atoms with Crippen molar-refractivity contribution < 1.29 is 0 Å². The average molecular weight is 875 g/mol. The standard InChI is InChI=1S/C64H50N4/c1-43-17-16-28-62-63(43)56-24-12-15-27-61(56)68(62)49-35-31-47(32-36-49)66(45-20-8-5-9-21-45)51-38-40-53-52-39-37-50(41-57(52)64(2,3)58(53)42-51)65(44-18-6-4-7-19-44)46-29-33-48(34-30-46)67-59-25-13-10-22-54(59)55-23-11-14-26-60(55)67/h4-16,18-43H,17H2,1-3H3. The molecule has 0 spiro atoms. The molecule has 11 aromatic rings. The number of nitrogens with zero attached hydrogens (tertiary/aromatic N) is 4. The molecule has 0 N–H and O–H groups in total. The van der Waals surface area contributed by atoms with Crippen molar-refractivity contribution in [1.29, 1.82) is 0 Å². The molecule has 2 aromatic heterocycles. The summed E-state index contributed by atoms with van der Waals surface area (Å²) in [4.78, 5) is 4.80. The van der Waals surface area contributed by atoms with Crippen molar-refractivity contribution in [3.8, 4) is 22.5 Å². The van der Waals surface area contributed by atoms with Gasteiger partial charge in [-0.25, -0.2) is 0 Å². The molecular weight excluding hydrogens is 825 g/mol. The maximum atomic E-state index is 2.44. The maximum Gasteiger partial charge on any atom is 0.0541 e. The van der Waals surface area contributed by atoms with E-state index < -0.39 is 0 Å². The summed E-state index contributed by atoms with van der Waals surface area (Å²) in [7, 11) is 0. The second-order valence-corrected chi connectivity index (χ2v) is 19.0. The molecule has 0 saturated carbocycles. The number of aromatic nitrogens is 2. The minimum absolute atomic E-state index is 0.259. The van der Waals surface area contributed by atoms with Crippen molar-refractivity contribution in [3.63, 3.8) is 0 Å². The van der Waals surface area contributed by atoms with E-state index in [4.69, 9.17) is 0 Å². The van der Waals surface area contributed by atoms with Gasteiger partial charge >= 0.3 is 0 Å². The molecule has 0 bridgehead atoms. The van der Waals surface area contributed by atoms with Crippen LogP contribution in [0, 0.1) is 0 Å². The zero-order valence-corrected chi connectivity index (χ0v) is 38.5. The van der Waals surface area contributed by atoms with E-state index in [0.29, 0.717) is 5.92 Å². The second-order valence-electron chi connectivity index (χ2n) is 19.0. The highest BCUT2D eigenvalue weighted by atomic mass is 15.1. The smallest absolute Gasteiger partial charge is 0.0541 e. The summed E-state index contributed by atoms with van der Waals surface area (Å²) in [5.41, 5.74) is 20.4. The van der Waals surface area contributed by atoms with Crippen molar-refractivity contribution in [1.82, 2.24) is 9.13 Å². The van der Waals surface area contributed by atoms with Gasteiger partial charge < -0.3 is 18.9 Å². The fourth-order valence-electron chi connectivity index (χ4n) is 11.5. The van der Waals surface area contributed by atoms with E-state index in [9.17, 15) is 0 Å². The SMILES string of the molecule is CC1CC=Cc2c1c1ccccc1n2-c1ccc(N(c2ccccc2)c2ccc3c(c2)C(C)(C)c2cc(N(c4ccccc4)c4ccc(-n5c6ccccc6c6ccccc65)cc4)ccc2-3)cc1. The predicted molar refractivity (Wildman–Crippen MR) is 287 cm³/mol. The molecule has 9 aromatic carbocycles. The van der Waals surface area contributed by atoms with Crippen molar-refractivity contribution in [2.45, 2.75) is 38.5 Å². The number of allylic oxidation sites excluding steroid dienone is 1. The summed E-state index contributed by atoms with van der Waals surface area (Å²) < 4.78 is 4.83. The Morgan fingerprint density at radius 1 is 0.412 bits per heavy atom. The van der Waals surface area contributed by atoms with Crippen LogP contribution in [0.15, 0.2) is 224 Å². The van der Waals surface area contributed by atoms with Crippen molar-refractivity contribution in [2.24, 2.45) is 0 Å². The number of benzene rings is 9. The molecule has 0 radical (unpaired) electrons. The number of para-hydroxylation sites is 5. The lowest BCUT2D eigenvalue weighted by molar-refractivity contribution is 0.660. The van der Waals surface area contributed by atoms with Gasteiger partial charge in [0.15, 0.2) is 0 Å². The van der Waals surface area contributed by atoms with Gasteiger partial charge in [-0.3, -0.25) is 0 Å². The highest BCUT2D eigenvalue weighted by molar-refractivity contribution is 6.09. The molecule has 2 aliphatic carbocycles. The van der Waals surface area contributed by atoms with Gasteiger partial charge in [-0.2, -0.15) is 0 Å². The molecule has 0 fully saturated rings. The average Bonchev–Trinajstić information content (AvgIpc) is 3.99. The van der Waals surface area contributed by atoms with Crippen LogP contribution in [0.3, 0.4) is 0 Å². The maximum absolute atomic E-state index is 2.44. The van der Waals surface area contributed by atoms with Gasteiger partial charge in [-0.15, -0.1) is 0 Å². The lowest BCUT2D eigenvalue weighted by atomic mass is 9.82. The van der Waals surface area contributed by atoms with Gasteiger partial charge in [0.1, 0.15) is 0 Å². The molecule has 4 nitrogen and oxygen atoms in total. The Bertz CT molecular complexity index is 3690. The molecule has 2 aliphatic rings. The number of rotatable bonds is 8. The van der Waals surface area contributed by atoms with Crippen LogP contribution < -0.4 is 9.80 Å². The third-order valence-corrected chi connectivity index (χ3v) is 14.7. The molecule has 4 heteroatoms. The zero-order chi connectivity index (χ0) is 45.5.